The van der Waals surface area contributed by atoms with E-state index in [1.165, 1.54) is 13.0 Å². The molecule has 3 rings (SSSR count). The molecule has 0 aliphatic rings. The zero-order valence-electron chi connectivity index (χ0n) is 11.5. The van der Waals surface area contributed by atoms with Gasteiger partial charge in [-0.25, -0.2) is 4.79 Å². The van der Waals surface area contributed by atoms with Crippen molar-refractivity contribution >= 4 is 49.2 Å². The van der Waals surface area contributed by atoms with Gasteiger partial charge in [0.2, 0.25) is 11.0 Å². The van der Waals surface area contributed by atoms with Crippen LogP contribution in [-0.2, 0) is 14.8 Å². The molecule has 10 nitrogen and oxygen atoms in total. The maximum atomic E-state index is 12.3. The molecule has 0 aliphatic carbocycles. The molecular formula is C11H9N5O5S2. The lowest BCUT2D eigenvalue weighted by Gasteiger charge is -2.04. The van der Waals surface area contributed by atoms with Crippen LogP contribution in [0.25, 0.3) is 11.1 Å². The van der Waals surface area contributed by atoms with Gasteiger partial charge in [-0.15, -0.1) is 10.2 Å². The minimum Gasteiger partial charge on any atom is -0.406 e. The number of hydrogen-bond donors (Lipinski definition) is 3. The Bertz CT molecular complexity index is 1050. The van der Waals surface area contributed by atoms with Crippen LogP contribution in [-0.4, -0.2) is 29.5 Å². The van der Waals surface area contributed by atoms with Gasteiger partial charge in [-0.2, -0.15) is 8.42 Å². The molecule has 1 aromatic carbocycles. The van der Waals surface area contributed by atoms with E-state index < -0.39 is 21.7 Å². The third kappa shape index (κ3) is 3.07. The summed E-state index contributed by atoms with van der Waals surface area (Å²) in [5, 5.41) is 9.50. The molecule has 1 amide bonds. The number of aromatic nitrogens is 3. The van der Waals surface area contributed by atoms with Gasteiger partial charge < -0.3 is 9.73 Å². The number of oxazole rings is 1. The number of benzene rings is 1. The number of sulfonamides is 1. The molecule has 12 heteroatoms. The molecule has 3 aromatic rings. The molecule has 0 unspecified atom stereocenters. The van der Waals surface area contributed by atoms with Crippen LogP contribution in [0, 0.1) is 0 Å². The van der Waals surface area contributed by atoms with E-state index in [4.69, 9.17) is 4.42 Å². The second-order valence-corrected chi connectivity index (χ2v) is 7.19. The summed E-state index contributed by atoms with van der Waals surface area (Å²) >= 11 is 0.693. The maximum Gasteiger partial charge on any atom is 0.417 e. The Kier molecular flexibility index (Phi) is 3.61. The highest BCUT2D eigenvalue weighted by atomic mass is 32.2. The Morgan fingerprint density at radius 3 is 2.87 bits per heavy atom. The number of fused-ring (bicyclic) bond motifs is 1. The largest absolute Gasteiger partial charge is 0.417 e. The van der Waals surface area contributed by atoms with Gasteiger partial charge in [0.15, 0.2) is 5.58 Å². The van der Waals surface area contributed by atoms with Gasteiger partial charge in [0.25, 0.3) is 14.4 Å². The number of anilines is 2. The average Bonchev–Trinajstić information content (AvgIpc) is 3.04. The second-order valence-electron chi connectivity index (χ2n) is 4.36. The minimum absolute atomic E-state index is 0.0595. The van der Waals surface area contributed by atoms with E-state index in [1.807, 2.05) is 0 Å². The number of aromatic amines is 1. The van der Waals surface area contributed by atoms with E-state index in [9.17, 15) is 18.0 Å². The number of carbonyl (C=O) groups is 1. The third-order valence-electron chi connectivity index (χ3n) is 2.61. The van der Waals surface area contributed by atoms with Crippen LogP contribution in [0.5, 0.6) is 0 Å². The number of rotatable bonds is 4. The molecule has 2 aromatic heterocycles. The first-order chi connectivity index (χ1) is 10.8. The lowest BCUT2D eigenvalue weighted by molar-refractivity contribution is -0.114. The van der Waals surface area contributed by atoms with Crippen LogP contribution in [0.4, 0.5) is 10.8 Å². The molecule has 0 atom stereocenters. The molecule has 2 heterocycles. The van der Waals surface area contributed by atoms with Gasteiger partial charge in [-0.05, 0) is 12.1 Å². The van der Waals surface area contributed by atoms with E-state index in [1.54, 1.807) is 12.1 Å². The smallest absolute Gasteiger partial charge is 0.406 e. The van der Waals surface area contributed by atoms with Crippen molar-refractivity contribution in [3.63, 3.8) is 0 Å². The average molecular weight is 355 g/mol. The first-order valence-corrected chi connectivity index (χ1v) is 8.41. The van der Waals surface area contributed by atoms with Crippen molar-refractivity contribution in [3.8, 4) is 0 Å². The molecular weight excluding hydrogens is 346 g/mol. The number of hydrogen-bond acceptors (Lipinski definition) is 8. The third-order valence-corrected chi connectivity index (χ3v) is 5.18. The summed E-state index contributed by atoms with van der Waals surface area (Å²) < 4.78 is 31.5. The zero-order chi connectivity index (χ0) is 16.6. The van der Waals surface area contributed by atoms with Crippen LogP contribution < -0.4 is 15.8 Å². The fourth-order valence-corrected chi connectivity index (χ4v) is 3.77. The van der Waals surface area contributed by atoms with Crippen molar-refractivity contribution in [1.29, 1.82) is 0 Å². The van der Waals surface area contributed by atoms with Crippen molar-refractivity contribution in [2.75, 3.05) is 10.0 Å². The first kappa shape index (κ1) is 15.2. The van der Waals surface area contributed by atoms with E-state index in [-0.39, 0.29) is 20.7 Å². The Morgan fingerprint density at radius 1 is 1.35 bits per heavy atom. The van der Waals surface area contributed by atoms with Gasteiger partial charge in [-0.1, -0.05) is 17.4 Å². The highest BCUT2D eigenvalue weighted by Gasteiger charge is 2.22. The van der Waals surface area contributed by atoms with Crippen LogP contribution in [0.3, 0.4) is 0 Å². The monoisotopic (exact) mass is 355 g/mol. The van der Waals surface area contributed by atoms with Gasteiger partial charge in [0, 0.05) is 6.92 Å². The normalized spacial score (nSPS) is 11.5. The van der Waals surface area contributed by atoms with E-state index in [0.717, 1.165) is 0 Å². The number of nitrogens with zero attached hydrogens (tertiary/aromatic N) is 2. The summed E-state index contributed by atoms with van der Waals surface area (Å²) in [4.78, 5) is 24.6. The summed E-state index contributed by atoms with van der Waals surface area (Å²) in [7, 11) is -4.04. The Hall–Kier alpha value is -2.73. The topological polar surface area (TPSA) is 147 Å². The van der Waals surface area contributed by atoms with Gasteiger partial charge in [0.1, 0.15) is 0 Å². The van der Waals surface area contributed by atoms with Crippen LogP contribution >= 0.6 is 11.3 Å². The lowest BCUT2D eigenvalue weighted by atomic mass is 10.3. The summed E-state index contributed by atoms with van der Waals surface area (Å²) in [6.45, 7) is 1.27. The molecule has 0 radical (unpaired) electrons. The van der Waals surface area contributed by atoms with E-state index in [2.05, 4.69) is 25.2 Å². The number of para-hydroxylation sites is 1. The van der Waals surface area contributed by atoms with Crippen molar-refractivity contribution in [1.82, 2.24) is 15.2 Å². The van der Waals surface area contributed by atoms with Gasteiger partial charge in [0.05, 0.1) is 11.2 Å². The van der Waals surface area contributed by atoms with Crippen molar-refractivity contribution in [2.24, 2.45) is 0 Å². The highest BCUT2D eigenvalue weighted by Crippen LogP contribution is 2.26. The Balaban J connectivity index is 1.95. The minimum atomic E-state index is -4.04. The van der Waals surface area contributed by atoms with E-state index in [0.29, 0.717) is 16.9 Å². The first-order valence-electron chi connectivity index (χ1n) is 6.11. The van der Waals surface area contributed by atoms with Crippen LogP contribution in [0.1, 0.15) is 6.92 Å². The molecule has 0 saturated carbocycles. The molecule has 3 N–H and O–H groups in total. The molecule has 0 fully saturated rings. The zero-order valence-corrected chi connectivity index (χ0v) is 13.1. The molecule has 0 saturated heterocycles. The predicted molar refractivity (Wildman–Crippen MR) is 81.9 cm³/mol. The lowest BCUT2D eigenvalue weighted by Crippen LogP contribution is -2.12. The predicted octanol–water partition coefficient (Wildman–Crippen LogP) is 0.732. The van der Waals surface area contributed by atoms with Gasteiger partial charge >= 0.3 is 5.76 Å². The molecule has 0 aliphatic heterocycles. The number of nitrogens with one attached hydrogen (secondary N) is 3. The summed E-state index contributed by atoms with van der Waals surface area (Å²) in [5.74, 6) is -1.09. The van der Waals surface area contributed by atoms with E-state index >= 15 is 0 Å². The van der Waals surface area contributed by atoms with Crippen molar-refractivity contribution < 1.29 is 17.6 Å². The summed E-state index contributed by atoms with van der Waals surface area (Å²) in [5.41, 5.74) is 0.510. The Labute approximate surface area is 132 Å². The number of carbonyl (C=O) groups excluding carboxylic acids is 1. The standard InChI is InChI=1S/C11H9N5O5S2/c1-5(17)12-9-14-15-11(22-9)23(19,20)16-7-4-2-3-6-8(7)21-10(18)13-6/h2-4,16H,1H3,(H,13,18)(H,12,14,17). The maximum absolute atomic E-state index is 12.3. The molecule has 120 valence electrons. The molecule has 23 heavy (non-hydrogen) atoms. The molecule has 0 spiro atoms. The Morgan fingerprint density at radius 2 is 2.13 bits per heavy atom. The fourth-order valence-electron chi connectivity index (χ4n) is 1.76. The summed E-state index contributed by atoms with van der Waals surface area (Å²) in [6.07, 6.45) is 0. The fraction of sp³-hybridized carbons (Fsp3) is 0.0909. The van der Waals surface area contributed by atoms with Crippen molar-refractivity contribution in [3.05, 3.63) is 28.7 Å². The SMILES string of the molecule is CC(=O)Nc1nnc(S(=O)(=O)Nc2cccc3[nH]c(=O)oc23)s1. The number of H-pyrrole nitrogens is 1. The van der Waals surface area contributed by atoms with Crippen LogP contribution in [0.15, 0.2) is 31.8 Å². The molecule has 0 bridgehead atoms. The highest BCUT2D eigenvalue weighted by molar-refractivity contribution is 7.94. The van der Waals surface area contributed by atoms with Crippen LogP contribution in [0.2, 0.25) is 0 Å². The quantitative estimate of drug-likeness (QED) is 0.584. The second kappa shape index (κ2) is 5.48. The van der Waals surface area contributed by atoms with Crippen molar-refractivity contribution in [2.45, 2.75) is 11.3 Å². The van der Waals surface area contributed by atoms with Gasteiger partial charge in [-0.3, -0.25) is 14.5 Å². The summed E-state index contributed by atoms with van der Waals surface area (Å²) in [6, 6.07) is 4.55. The number of amides is 1.